The zero-order chi connectivity index (χ0) is 16.3. The maximum Gasteiger partial charge on any atom is 0.293 e. The van der Waals surface area contributed by atoms with E-state index in [1.165, 1.54) is 83.5 Å². The topological polar surface area (TPSA) is 46.5 Å². The first-order valence-electron chi connectivity index (χ1n) is 9.55. The Bertz CT molecular complexity index is 219. The Morgan fingerprint density at radius 2 is 1.18 bits per heavy atom. The van der Waals surface area contributed by atoms with Crippen LogP contribution in [-0.4, -0.2) is 24.3 Å². The van der Waals surface area contributed by atoms with Gasteiger partial charge >= 0.3 is 0 Å². The van der Waals surface area contributed by atoms with Crippen molar-refractivity contribution < 1.29 is 14.6 Å². The molecule has 0 radical (unpaired) electrons. The quantitative estimate of drug-likeness (QED) is 0.272. The molecular weight excluding hydrogens is 276 g/mol. The summed E-state index contributed by atoms with van der Waals surface area (Å²) in [6.45, 7) is 2.64. The highest BCUT2D eigenvalue weighted by atomic mass is 16.5. The number of aliphatic hydroxyl groups is 1. The van der Waals surface area contributed by atoms with Gasteiger partial charge in [-0.15, -0.1) is 0 Å². The van der Waals surface area contributed by atoms with Gasteiger partial charge in [0.05, 0.1) is 6.61 Å². The number of hydrogen-bond acceptors (Lipinski definition) is 3. The van der Waals surface area contributed by atoms with E-state index in [4.69, 9.17) is 9.84 Å². The molecule has 0 amide bonds. The predicted octanol–water partition coefficient (Wildman–Crippen LogP) is 5.39. The molecule has 3 heteroatoms. The van der Waals surface area contributed by atoms with Crippen LogP contribution in [0.5, 0.6) is 0 Å². The number of unbranched alkanes of at least 4 members (excludes halogenated alkanes) is 13. The summed E-state index contributed by atoms with van der Waals surface area (Å²) >= 11 is 0. The minimum Gasteiger partial charge on any atom is -0.462 e. The van der Waals surface area contributed by atoms with E-state index in [1.54, 1.807) is 0 Å². The number of rotatable bonds is 18. The number of aliphatic hydroxyl groups excluding tert-OH is 1. The highest BCUT2D eigenvalue weighted by Gasteiger charge is 2.06. The van der Waals surface area contributed by atoms with Crippen LogP contribution >= 0.6 is 0 Å². The molecule has 0 aromatic heterocycles. The van der Waals surface area contributed by atoms with Crippen LogP contribution in [-0.2, 0) is 9.53 Å². The van der Waals surface area contributed by atoms with Gasteiger partial charge in [-0.05, 0) is 12.8 Å². The maximum absolute atomic E-state index is 10.2. The van der Waals surface area contributed by atoms with Gasteiger partial charge in [0.15, 0.2) is 0 Å². The van der Waals surface area contributed by atoms with Gasteiger partial charge < -0.3 is 9.84 Å². The Balaban J connectivity index is 3.09. The highest BCUT2D eigenvalue weighted by Crippen LogP contribution is 2.14. The molecule has 1 unspecified atom stereocenters. The fourth-order valence-corrected chi connectivity index (χ4v) is 2.85. The summed E-state index contributed by atoms with van der Waals surface area (Å²) < 4.78 is 4.77. The summed E-state index contributed by atoms with van der Waals surface area (Å²) in [6.07, 6.45) is 19.2. The predicted molar refractivity (Wildman–Crippen MR) is 93.0 cm³/mol. The largest absolute Gasteiger partial charge is 0.462 e. The average Bonchev–Trinajstić information content (AvgIpc) is 2.54. The Kier molecular flexibility index (Phi) is 18.0. The second kappa shape index (κ2) is 18.5. The Morgan fingerprint density at radius 1 is 0.773 bits per heavy atom. The molecule has 0 aliphatic heterocycles. The molecule has 0 saturated heterocycles. The second-order valence-electron chi connectivity index (χ2n) is 6.42. The van der Waals surface area contributed by atoms with Crippen LogP contribution in [0.25, 0.3) is 0 Å². The Hall–Kier alpha value is -0.570. The van der Waals surface area contributed by atoms with Crippen molar-refractivity contribution in [1.29, 1.82) is 0 Å². The van der Waals surface area contributed by atoms with Crippen molar-refractivity contribution in [2.75, 3.05) is 6.61 Å². The molecule has 0 aromatic rings. The fraction of sp³-hybridized carbons (Fsp3) is 0.947. The van der Waals surface area contributed by atoms with Crippen molar-refractivity contribution in [3.8, 4) is 0 Å². The molecule has 0 aliphatic rings. The van der Waals surface area contributed by atoms with E-state index < -0.39 is 0 Å². The second-order valence-corrected chi connectivity index (χ2v) is 6.42. The summed E-state index contributed by atoms with van der Waals surface area (Å²) in [5.74, 6) is 0. The van der Waals surface area contributed by atoms with Gasteiger partial charge in [0.1, 0.15) is 6.10 Å². The monoisotopic (exact) mass is 314 g/mol. The smallest absolute Gasteiger partial charge is 0.293 e. The molecule has 1 atom stereocenters. The van der Waals surface area contributed by atoms with Gasteiger partial charge in [0.25, 0.3) is 6.47 Å². The first-order valence-corrected chi connectivity index (χ1v) is 9.55. The molecule has 0 spiro atoms. The van der Waals surface area contributed by atoms with Crippen LogP contribution < -0.4 is 0 Å². The standard InChI is InChI=1S/C19H38O3/c1-2-3-4-5-6-7-8-9-10-11-12-13-14-15-16-19(17-20)22-18-21/h18-20H,2-17H2,1H3. The summed E-state index contributed by atoms with van der Waals surface area (Å²) in [5, 5.41) is 8.98. The Morgan fingerprint density at radius 3 is 1.55 bits per heavy atom. The van der Waals surface area contributed by atoms with Crippen LogP contribution in [0.2, 0.25) is 0 Å². The average molecular weight is 315 g/mol. The van der Waals surface area contributed by atoms with Gasteiger partial charge in [0, 0.05) is 0 Å². The van der Waals surface area contributed by atoms with E-state index in [1.807, 2.05) is 0 Å². The molecule has 0 rings (SSSR count). The summed E-state index contributed by atoms with van der Waals surface area (Å²) in [5.41, 5.74) is 0. The third kappa shape index (κ3) is 15.8. The number of carbonyl (C=O) groups is 1. The lowest BCUT2D eigenvalue weighted by Crippen LogP contribution is -2.16. The summed E-state index contributed by atoms with van der Waals surface area (Å²) in [6, 6.07) is 0. The summed E-state index contributed by atoms with van der Waals surface area (Å²) in [4.78, 5) is 10.2. The third-order valence-corrected chi connectivity index (χ3v) is 4.33. The SMILES string of the molecule is CCCCCCCCCCCCCCCCC(CO)OC=O. The molecule has 1 N–H and O–H groups in total. The molecule has 0 heterocycles. The van der Waals surface area contributed by atoms with E-state index in [9.17, 15) is 4.79 Å². The molecule has 0 bridgehead atoms. The zero-order valence-corrected chi connectivity index (χ0v) is 14.7. The fourth-order valence-electron chi connectivity index (χ4n) is 2.85. The maximum atomic E-state index is 10.2. The number of hydrogen-bond donors (Lipinski definition) is 1. The number of ether oxygens (including phenoxy) is 1. The van der Waals surface area contributed by atoms with Crippen molar-refractivity contribution in [1.82, 2.24) is 0 Å². The molecular formula is C19H38O3. The molecule has 0 aromatic carbocycles. The number of carbonyl (C=O) groups excluding carboxylic acids is 1. The lowest BCUT2D eigenvalue weighted by atomic mass is 10.0. The normalized spacial score (nSPS) is 12.3. The van der Waals surface area contributed by atoms with E-state index >= 15 is 0 Å². The van der Waals surface area contributed by atoms with Crippen molar-refractivity contribution in [2.45, 2.75) is 109 Å². The Labute approximate surface area is 137 Å². The highest BCUT2D eigenvalue weighted by molar-refractivity contribution is 5.37. The van der Waals surface area contributed by atoms with Gasteiger partial charge in [0.2, 0.25) is 0 Å². The molecule has 22 heavy (non-hydrogen) atoms. The van der Waals surface area contributed by atoms with Gasteiger partial charge in [-0.25, -0.2) is 0 Å². The minimum atomic E-state index is -0.296. The zero-order valence-electron chi connectivity index (χ0n) is 14.7. The first-order chi connectivity index (χ1) is 10.8. The molecule has 0 fully saturated rings. The van der Waals surface area contributed by atoms with Crippen LogP contribution in [0.3, 0.4) is 0 Å². The van der Waals surface area contributed by atoms with Crippen LogP contribution in [0.4, 0.5) is 0 Å². The summed E-state index contributed by atoms with van der Waals surface area (Å²) in [7, 11) is 0. The van der Waals surface area contributed by atoms with Crippen LogP contribution in [0.1, 0.15) is 103 Å². The van der Waals surface area contributed by atoms with Crippen molar-refractivity contribution >= 4 is 6.47 Å². The van der Waals surface area contributed by atoms with E-state index in [0.717, 1.165) is 12.8 Å². The van der Waals surface area contributed by atoms with E-state index in [0.29, 0.717) is 6.47 Å². The lowest BCUT2D eigenvalue weighted by molar-refractivity contribution is -0.135. The molecule has 3 nitrogen and oxygen atoms in total. The van der Waals surface area contributed by atoms with E-state index in [-0.39, 0.29) is 12.7 Å². The molecule has 0 saturated carbocycles. The van der Waals surface area contributed by atoms with Crippen molar-refractivity contribution in [2.24, 2.45) is 0 Å². The van der Waals surface area contributed by atoms with Crippen LogP contribution in [0.15, 0.2) is 0 Å². The van der Waals surface area contributed by atoms with Crippen LogP contribution in [0, 0.1) is 0 Å². The van der Waals surface area contributed by atoms with E-state index in [2.05, 4.69) is 6.92 Å². The van der Waals surface area contributed by atoms with Gasteiger partial charge in [-0.3, -0.25) is 4.79 Å². The first kappa shape index (κ1) is 21.4. The van der Waals surface area contributed by atoms with Gasteiger partial charge in [-0.1, -0.05) is 90.4 Å². The molecule has 132 valence electrons. The van der Waals surface area contributed by atoms with Crippen molar-refractivity contribution in [3.63, 3.8) is 0 Å². The molecule has 0 aliphatic carbocycles. The van der Waals surface area contributed by atoms with Crippen molar-refractivity contribution in [3.05, 3.63) is 0 Å². The minimum absolute atomic E-state index is 0.0583. The van der Waals surface area contributed by atoms with Gasteiger partial charge in [-0.2, -0.15) is 0 Å². The third-order valence-electron chi connectivity index (χ3n) is 4.33. The lowest BCUT2D eigenvalue weighted by Gasteiger charge is -2.11.